The van der Waals surface area contributed by atoms with Crippen LogP contribution in [0.3, 0.4) is 0 Å². The van der Waals surface area contributed by atoms with E-state index in [0.29, 0.717) is 5.71 Å². The van der Waals surface area contributed by atoms with Crippen molar-refractivity contribution in [2.45, 2.75) is 19.9 Å². The lowest BCUT2D eigenvalue weighted by atomic mass is 10.1. The molecule has 5 nitrogen and oxygen atoms in total. The average molecular weight is 330 g/mol. The van der Waals surface area contributed by atoms with Gasteiger partial charge < -0.3 is 9.88 Å². The van der Waals surface area contributed by atoms with Crippen molar-refractivity contribution in [3.8, 4) is 0 Å². The summed E-state index contributed by atoms with van der Waals surface area (Å²) in [5.74, 6) is -0.216. The van der Waals surface area contributed by atoms with Crippen molar-refractivity contribution < 1.29 is 4.79 Å². The molecule has 0 radical (unpaired) electrons. The first kappa shape index (κ1) is 15.3. The lowest BCUT2D eigenvalue weighted by molar-refractivity contribution is -0.110. The Bertz CT molecular complexity index is 1010. The molecular weight excluding hydrogens is 312 g/mol. The molecule has 124 valence electrons. The number of amides is 1. The first-order chi connectivity index (χ1) is 12.3. The number of aromatic nitrogens is 1. The topological polar surface area (TPSA) is 58.8 Å². The predicted molar refractivity (Wildman–Crippen MR) is 101 cm³/mol. The Hall–Kier alpha value is -3.21. The van der Waals surface area contributed by atoms with Crippen LogP contribution in [-0.2, 0) is 11.3 Å². The van der Waals surface area contributed by atoms with Gasteiger partial charge in [0, 0.05) is 34.8 Å². The summed E-state index contributed by atoms with van der Waals surface area (Å²) < 4.78 is 2.22. The SMILES string of the molecule is CCCn1cc(/C=N\N=C2\C(=O)Nc3ccccc32)c2ccccc21. The van der Waals surface area contributed by atoms with Gasteiger partial charge in [-0.3, -0.25) is 4.79 Å². The second-order valence-electron chi connectivity index (χ2n) is 5.99. The van der Waals surface area contributed by atoms with Crippen LogP contribution in [0, 0.1) is 0 Å². The van der Waals surface area contributed by atoms with E-state index >= 15 is 0 Å². The van der Waals surface area contributed by atoms with Gasteiger partial charge in [-0.2, -0.15) is 5.10 Å². The Morgan fingerprint density at radius 2 is 1.92 bits per heavy atom. The number of nitrogens with zero attached hydrogens (tertiary/aromatic N) is 3. The molecule has 0 saturated carbocycles. The minimum Gasteiger partial charge on any atom is -0.347 e. The van der Waals surface area contributed by atoms with Gasteiger partial charge in [-0.05, 0) is 18.6 Å². The molecule has 1 aromatic heterocycles. The van der Waals surface area contributed by atoms with Crippen LogP contribution in [-0.4, -0.2) is 22.4 Å². The average Bonchev–Trinajstić information content (AvgIpc) is 3.14. The molecule has 25 heavy (non-hydrogen) atoms. The maximum absolute atomic E-state index is 12.1. The molecule has 4 rings (SSSR count). The first-order valence-corrected chi connectivity index (χ1v) is 8.37. The van der Waals surface area contributed by atoms with Crippen LogP contribution in [0.5, 0.6) is 0 Å². The quantitative estimate of drug-likeness (QED) is 0.574. The molecule has 0 spiro atoms. The van der Waals surface area contributed by atoms with Gasteiger partial charge in [0.25, 0.3) is 5.91 Å². The van der Waals surface area contributed by atoms with Crippen molar-refractivity contribution in [3.05, 3.63) is 65.9 Å². The molecule has 1 N–H and O–H groups in total. The van der Waals surface area contributed by atoms with Crippen molar-refractivity contribution in [1.29, 1.82) is 0 Å². The normalized spacial score (nSPS) is 15.2. The van der Waals surface area contributed by atoms with Gasteiger partial charge in [-0.1, -0.05) is 43.3 Å². The Balaban J connectivity index is 1.69. The summed E-state index contributed by atoms with van der Waals surface area (Å²) >= 11 is 0. The molecule has 1 aliphatic rings. The smallest absolute Gasteiger partial charge is 0.276 e. The first-order valence-electron chi connectivity index (χ1n) is 8.37. The number of rotatable bonds is 4. The Morgan fingerprint density at radius 3 is 2.80 bits per heavy atom. The third kappa shape index (κ3) is 2.74. The molecule has 0 saturated heterocycles. The van der Waals surface area contributed by atoms with Crippen molar-refractivity contribution in [3.63, 3.8) is 0 Å². The number of fused-ring (bicyclic) bond motifs is 2. The number of para-hydroxylation sites is 2. The molecule has 5 heteroatoms. The molecule has 2 heterocycles. The minimum absolute atomic E-state index is 0.216. The number of anilines is 1. The number of carbonyl (C=O) groups excluding carboxylic acids is 1. The summed E-state index contributed by atoms with van der Waals surface area (Å²) in [6, 6.07) is 15.7. The van der Waals surface area contributed by atoms with Crippen LogP contribution in [0.1, 0.15) is 24.5 Å². The molecule has 0 unspecified atom stereocenters. The Labute approximate surface area is 145 Å². The van der Waals surface area contributed by atoms with Crippen molar-refractivity contribution >= 4 is 34.4 Å². The standard InChI is InChI=1S/C20H18N4O/c1-2-11-24-13-14(15-7-4-6-10-18(15)24)12-21-23-19-16-8-3-5-9-17(16)22-20(19)25/h3-10,12-13H,2,11H2,1H3,(H,22,23,25)/b21-12-. The molecule has 0 fully saturated rings. The van der Waals surface area contributed by atoms with E-state index in [2.05, 4.69) is 45.3 Å². The maximum atomic E-state index is 12.1. The largest absolute Gasteiger partial charge is 0.347 e. The van der Waals surface area contributed by atoms with Gasteiger partial charge in [0.2, 0.25) is 0 Å². The monoisotopic (exact) mass is 330 g/mol. The highest BCUT2D eigenvalue weighted by atomic mass is 16.2. The summed E-state index contributed by atoms with van der Waals surface area (Å²) in [6.07, 6.45) is 4.87. The minimum atomic E-state index is -0.216. The zero-order valence-electron chi connectivity index (χ0n) is 13.9. The van der Waals surface area contributed by atoms with E-state index in [9.17, 15) is 4.79 Å². The summed E-state index contributed by atoms with van der Waals surface area (Å²) in [5, 5.41) is 12.3. The third-order valence-electron chi connectivity index (χ3n) is 4.28. The molecule has 1 aliphatic heterocycles. The number of aryl methyl sites for hydroxylation is 1. The van der Waals surface area contributed by atoms with Gasteiger partial charge >= 0.3 is 0 Å². The molecule has 0 atom stereocenters. The van der Waals surface area contributed by atoms with Gasteiger partial charge in [0.15, 0.2) is 5.71 Å². The molecule has 1 amide bonds. The zero-order chi connectivity index (χ0) is 17.2. The lowest BCUT2D eigenvalue weighted by Gasteiger charge is -2.00. The fourth-order valence-electron chi connectivity index (χ4n) is 3.15. The number of carbonyl (C=O) groups is 1. The Morgan fingerprint density at radius 1 is 1.12 bits per heavy atom. The van der Waals surface area contributed by atoms with E-state index in [1.165, 1.54) is 5.52 Å². The molecule has 0 aliphatic carbocycles. The Kier molecular flexibility index (Phi) is 3.90. The van der Waals surface area contributed by atoms with Crippen LogP contribution in [0.4, 0.5) is 5.69 Å². The van der Waals surface area contributed by atoms with Crippen molar-refractivity contribution in [1.82, 2.24) is 4.57 Å². The summed E-state index contributed by atoms with van der Waals surface area (Å²) in [7, 11) is 0. The fourth-order valence-corrected chi connectivity index (χ4v) is 3.15. The number of hydrogen-bond donors (Lipinski definition) is 1. The highest BCUT2D eigenvalue weighted by Crippen LogP contribution is 2.23. The maximum Gasteiger partial charge on any atom is 0.276 e. The predicted octanol–water partition coefficient (Wildman–Crippen LogP) is 3.83. The third-order valence-corrected chi connectivity index (χ3v) is 4.28. The van der Waals surface area contributed by atoms with Gasteiger partial charge in [-0.25, -0.2) is 0 Å². The number of nitrogens with one attached hydrogen (secondary N) is 1. The van der Waals surface area contributed by atoms with Crippen molar-refractivity contribution in [2.24, 2.45) is 10.2 Å². The van der Waals surface area contributed by atoms with Crippen molar-refractivity contribution in [2.75, 3.05) is 5.32 Å². The second kappa shape index (κ2) is 6.36. The van der Waals surface area contributed by atoms with E-state index in [4.69, 9.17) is 0 Å². The highest BCUT2D eigenvalue weighted by molar-refractivity contribution is 6.53. The van der Waals surface area contributed by atoms with Crippen LogP contribution in [0.25, 0.3) is 10.9 Å². The fraction of sp³-hybridized carbons (Fsp3) is 0.150. The summed E-state index contributed by atoms with van der Waals surface area (Å²) in [4.78, 5) is 12.1. The van der Waals surface area contributed by atoms with Gasteiger partial charge in [0.05, 0.1) is 11.9 Å². The van der Waals surface area contributed by atoms with Gasteiger partial charge in [0.1, 0.15) is 0 Å². The number of benzene rings is 2. The summed E-state index contributed by atoms with van der Waals surface area (Å²) in [5.41, 5.74) is 4.10. The van der Waals surface area contributed by atoms with Crippen LogP contribution >= 0.6 is 0 Å². The lowest BCUT2D eigenvalue weighted by Crippen LogP contribution is -2.13. The van der Waals surface area contributed by atoms with E-state index in [1.807, 2.05) is 36.4 Å². The zero-order valence-corrected chi connectivity index (χ0v) is 13.9. The molecule has 0 bridgehead atoms. The molecule has 3 aromatic rings. The van der Waals surface area contributed by atoms with Crippen LogP contribution in [0.2, 0.25) is 0 Å². The van der Waals surface area contributed by atoms with E-state index in [-0.39, 0.29) is 5.91 Å². The second-order valence-corrected chi connectivity index (χ2v) is 5.99. The van der Waals surface area contributed by atoms with Crippen LogP contribution in [0.15, 0.2) is 64.9 Å². The summed E-state index contributed by atoms with van der Waals surface area (Å²) in [6.45, 7) is 3.11. The van der Waals surface area contributed by atoms with E-state index in [1.54, 1.807) is 6.21 Å². The molecular formula is C20H18N4O. The van der Waals surface area contributed by atoms with E-state index < -0.39 is 0 Å². The number of hydrogen-bond acceptors (Lipinski definition) is 3. The van der Waals surface area contributed by atoms with Gasteiger partial charge in [-0.15, -0.1) is 5.10 Å². The van der Waals surface area contributed by atoms with E-state index in [0.717, 1.165) is 35.2 Å². The highest BCUT2D eigenvalue weighted by Gasteiger charge is 2.25. The molecule has 2 aromatic carbocycles. The van der Waals surface area contributed by atoms with Crippen LogP contribution < -0.4 is 5.32 Å².